The second kappa shape index (κ2) is 9.62. The molecule has 2 unspecified atom stereocenters. The number of ether oxygens (including phenoxy) is 1. The predicted octanol–water partition coefficient (Wildman–Crippen LogP) is 0.630. The Morgan fingerprint density at radius 1 is 0.941 bits per heavy atom. The fourth-order valence-corrected chi connectivity index (χ4v) is 7.75. The SMILES string of the molecule is O=C1C2CC3CC1CC(OC(=O)C(F)(F)S(=O)(=O)[O-])(C3)C2.c1ccc([I+]c2ccccc2)cc1. The molecule has 10 heteroatoms. The molecule has 0 aromatic heterocycles. The molecule has 4 aliphatic carbocycles. The minimum atomic E-state index is -6.12. The van der Waals surface area contributed by atoms with Crippen LogP contribution in [0.25, 0.3) is 0 Å². The third-order valence-electron chi connectivity index (χ3n) is 6.48. The number of carbonyl (C=O) groups is 2. The van der Waals surface area contributed by atoms with Gasteiger partial charge in [0.2, 0.25) is 0 Å². The van der Waals surface area contributed by atoms with Crippen LogP contribution in [0.4, 0.5) is 8.78 Å². The molecule has 2 aromatic carbocycles. The summed E-state index contributed by atoms with van der Waals surface area (Å²) in [5, 5.41) is -5.10. The molecule has 2 atom stereocenters. The first-order valence-electron chi connectivity index (χ1n) is 10.8. The van der Waals surface area contributed by atoms with Gasteiger partial charge in [-0.2, -0.15) is 8.78 Å². The van der Waals surface area contributed by atoms with Gasteiger partial charge in [0.05, 0.1) is 0 Å². The highest BCUT2D eigenvalue weighted by Crippen LogP contribution is 2.56. The standard InChI is InChI=1S/C12H14F2O6S.C12H10I/c13-12(14,21(17,18)19)10(16)20-11-3-6-1-7(4-11)9(15)8(2-6)5-11;1-3-7-11(8-4-1)13-12-9-5-2-6-10-12/h6-8H,1-5H2,(H,17,18,19);1-10H/q;+1/p-1. The van der Waals surface area contributed by atoms with Crippen molar-refractivity contribution >= 4 is 21.9 Å². The van der Waals surface area contributed by atoms with E-state index in [1.807, 2.05) is 0 Å². The van der Waals surface area contributed by atoms with E-state index in [2.05, 4.69) is 60.7 Å². The van der Waals surface area contributed by atoms with Crippen LogP contribution >= 0.6 is 0 Å². The smallest absolute Gasteiger partial charge is 0.428 e. The molecule has 0 radical (unpaired) electrons. The van der Waals surface area contributed by atoms with Crippen molar-refractivity contribution in [2.45, 2.75) is 43.0 Å². The normalized spacial score (nSPS) is 27.6. The molecule has 4 saturated carbocycles. The van der Waals surface area contributed by atoms with Gasteiger partial charge in [0.1, 0.15) is 11.4 Å². The first kappa shape index (κ1) is 25.2. The van der Waals surface area contributed by atoms with Crippen LogP contribution in [0.2, 0.25) is 0 Å². The van der Waals surface area contributed by atoms with Gasteiger partial charge >= 0.3 is 32.4 Å². The summed E-state index contributed by atoms with van der Waals surface area (Å²) in [6.45, 7) is 0. The van der Waals surface area contributed by atoms with E-state index in [1.54, 1.807) is 0 Å². The van der Waals surface area contributed by atoms with E-state index in [1.165, 1.54) is 7.14 Å². The Morgan fingerprint density at radius 3 is 1.85 bits per heavy atom. The van der Waals surface area contributed by atoms with Crippen LogP contribution in [0.15, 0.2) is 60.7 Å². The number of hydrogen-bond donors (Lipinski definition) is 0. The van der Waals surface area contributed by atoms with E-state index in [-0.39, 0.29) is 57.6 Å². The largest absolute Gasteiger partial charge is 0.743 e. The Hall–Kier alpha value is -1.92. The monoisotopic (exact) mass is 604 g/mol. The van der Waals surface area contributed by atoms with Gasteiger partial charge in [0.15, 0.2) is 17.3 Å². The Kier molecular flexibility index (Phi) is 7.12. The Bertz CT molecular complexity index is 1100. The quantitative estimate of drug-likeness (QED) is 0.282. The summed E-state index contributed by atoms with van der Waals surface area (Å²) in [5.74, 6) is -2.78. The van der Waals surface area contributed by atoms with Gasteiger partial charge in [-0.3, -0.25) is 4.79 Å². The number of alkyl halides is 2. The van der Waals surface area contributed by atoms with E-state index >= 15 is 0 Å². The molecule has 0 N–H and O–H groups in total. The average molecular weight is 604 g/mol. The lowest BCUT2D eigenvalue weighted by molar-refractivity contribution is -0.597. The van der Waals surface area contributed by atoms with Crippen LogP contribution in [0.5, 0.6) is 0 Å². The molecule has 0 aliphatic heterocycles. The Labute approximate surface area is 207 Å². The third kappa shape index (κ3) is 5.33. The van der Waals surface area contributed by atoms with Crippen molar-refractivity contribution in [3.05, 3.63) is 67.8 Å². The Balaban J connectivity index is 0.000000180. The van der Waals surface area contributed by atoms with Gasteiger partial charge in [-0.15, -0.1) is 0 Å². The lowest BCUT2D eigenvalue weighted by Crippen LogP contribution is -3.61. The van der Waals surface area contributed by atoms with Crippen LogP contribution in [-0.2, 0) is 24.4 Å². The van der Waals surface area contributed by atoms with Crippen molar-refractivity contribution in [2.75, 3.05) is 0 Å². The molecule has 34 heavy (non-hydrogen) atoms. The lowest BCUT2D eigenvalue weighted by Gasteiger charge is -2.54. The van der Waals surface area contributed by atoms with E-state index < -0.39 is 26.9 Å². The fourth-order valence-electron chi connectivity index (χ4n) is 5.24. The number of benzene rings is 2. The molecule has 0 saturated heterocycles. The summed E-state index contributed by atoms with van der Waals surface area (Å²) in [7, 11) is -6.12. The van der Waals surface area contributed by atoms with E-state index in [9.17, 15) is 31.3 Å². The van der Waals surface area contributed by atoms with Gasteiger partial charge in [0, 0.05) is 11.8 Å². The number of rotatable bonds is 5. The third-order valence-corrected chi connectivity index (χ3v) is 9.96. The zero-order valence-corrected chi connectivity index (χ0v) is 21.0. The summed E-state index contributed by atoms with van der Waals surface area (Å²) in [4.78, 5) is 23.4. The topological polar surface area (TPSA) is 101 Å². The van der Waals surface area contributed by atoms with E-state index in [0.29, 0.717) is 19.3 Å². The van der Waals surface area contributed by atoms with E-state index in [0.717, 1.165) is 0 Å². The predicted molar refractivity (Wildman–Crippen MR) is 112 cm³/mol. The molecule has 4 aliphatic rings. The van der Waals surface area contributed by atoms with Crippen molar-refractivity contribution in [3.8, 4) is 0 Å². The maximum Gasteiger partial charge on any atom is 0.428 e. The summed E-state index contributed by atoms with van der Waals surface area (Å²) in [5.41, 5.74) is -1.23. The molecule has 182 valence electrons. The molecule has 6 rings (SSSR count). The highest BCUT2D eigenvalue weighted by Gasteiger charge is 2.60. The molecule has 0 spiro atoms. The van der Waals surface area contributed by atoms with Gasteiger partial charge in [0.25, 0.3) is 0 Å². The molecule has 2 aromatic rings. The minimum Gasteiger partial charge on any atom is -0.743 e. The molecule has 6 nitrogen and oxygen atoms in total. The van der Waals surface area contributed by atoms with Crippen molar-refractivity contribution in [3.63, 3.8) is 0 Å². The van der Waals surface area contributed by atoms with Crippen molar-refractivity contribution in [1.82, 2.24) is 0 Å². The Morgan fingerprint density at radius 2 is 1.41 bits per heavy atom. The van der Waals surface area contributed by atoms with Crippen LogP contribution in [0.3, 0.4) is 0 Å². The van der Waals surface area contributed by atoms with Gasteiger partial charge in [-0.1, -0.05) is 36.4 Å². The highest BCUT2D eigenvalue weighted by molar-refractivity contribution is 7.87. The summed E-state index contributed by atoms with van der Waals surface area (Å²) in [6.07, 6.45) is 1.93. The first-order chi connectivity index (χ1) is 16.0. The van der Waals surface area contributed by atoms with Crippen molar-refractivity contribution < 1.29 is 57.3 Å². The van der Waals surface area contributed by atoms with Crippen LogP contribution in [-0.4, -0.2) is 35.6 Å². The summed E-state index contributed by atoms with van der Waals surface area (Å²) < 4.78 is 65.6. The molecule has 4 bridgehead atoms. The fraction of sp³-hybridized carbons (Fsp3) is 0.417. The zero-order valence-electron chi connectivity index (χ0n) is 18.0. The van der Waals surface area contributed by atoms with Crippen molar-refractivity contribution in [2.24, 2.45) is 17.8 Å². The molecular formula is C24H23F2IO6S. The second-order valence-corrected chi connectivity index (χ2v) is 13.4. The van der Waals surface area contributed by atoms with Crippen LogP contribution in [0, 0.1) is 24.9 Å². The van der Waals surface area contributed by atoms with Gasteiger partial charge < -0.3 is 9.29 Å². The molecule has 4 fully saturated rings. The summed E-state index contributed by atoms with van der Waals surface area (Å²) >= 11 is 0.0287. The highest BCUT2D eigenvalue weighted by atomic mass is 127. The second-order valence-electron chi connectivity index (χ2n) is 8.98. The van der Waals surface area contributed by atoms with Gasteiger partial charge in [-0.25, -0.2) is 13.2 Å². The van der Waals surface area contributed by atoms with E-state index in [4.69, 9.17) is 4.74 Å². The molecule has 0 amide bonds. The lowest BCUT2D eigenvalue weighted by atomic mass is 9.53. The number of carbonyl (C=O) groups excluding carboxylic acids is 2. The molecular weight excluding hydrogens is 581 g/mol. The maximum atomic E-state index is 13.2. The van der Waals surface area contributed by atoms with Crippen LogP contribution < -0.4 is 21.2 Å². The minimum absolute atomic E-state index is 0.0287. The number of hydrogen-bond acceptors (Lipinski definition) is 6. The number of esters is 1. The number of ketones is 1. The summed E-state index contributed by atoms with van der Waals surface area (Å²) in [6, 6.07) is 21.4. The number of halogens is 3. The maximum absolute atomic E-state index is 13.2. The van der Waals surface area contributed by atoms with Gasteiger partial charge in [-0.05, 0) is 62.3 Å². The molecule has 0 heterocycles. The average Bonchev–Trinajstić information content (AvgIpc) is 2.77. The zero-order chi connectivity index (χ0) is 24.6. The number of Topliss-reactive ketones (excluding diaryl/α,β-unsaturated/α-hetero) is 1. The van der Waals surface area contributed by atoms with Crippen LogP contribution in [0.1, 0.15) is 32.1 Å². The van der Waals surface area contributed by atoms with Crippen molar-refractivity contribution in [1.29, 1.82) is 0 Å². The first-order valence-corrected chi connectivity index (χ1v) is 14.4.